The fraction of sp³-hybridized carbons (Fsp3) is 0.538. The topological polar surface area (TPSA) is 26.0 Å². The van der Waals surface area contributed by atoms with Gasteiger partial charge in [0.05, 0.1) is 5.02 Å². The summed E-state index contributed by atoms with van der Waals surface area (Å²) in [6, 6.07) is 6.27. The Morgan fingerprint density at radius 3 is 2.62 bits per heavy atom. The fourth-order valence-electron chi connectivity index (χ4n) is 2.08. The normalized spacial score (nSPS) is 18.9. The van der Waals surface area contributed by atoms with Crippen molar-refractivity contribution in [2.45, 2.75) is 48.8 Å². The maximum Gasteiger partial charge on any atom is 0.0545 e. The molecular formula is C13H18ClNS. The highest BCUT2D eigenvalue weighted by molar-refractivity contribution is 8.00. The third-order valence-electron chi connectivity index (χ3n) is 3.08. The second kappa shape index (κ2) is 5.44. The molecule has 0 heterocycles. The molecule has 1 aromatic rings. The molecule has 0 radical (unpaired) electrons. The lowest BCUT2D eigenvalue weighted by Gasteiger charge is -2.12. The third kappa shape index (κ3) is 2.93. The molecule has 0 amide bonds. The molecule has 1 aliphatic carbocycles. The number of nitrogens with two attached hydrogens (primary N) is 1. The highest BCUT2D eigenvalue weighted by atomic mass is 35.5. The Kier molecular flexibility index (Phi) is 4.17. The van der Waals surface area contributed by atoms with Gasteiger partial charge in [-0.3, -0.25) is 0 Å². The van der Waals surface area contributed by atoms with Crippen molar-refractivity contribution < 1.29 is 0 Å². The lowest BCUT2D eigenvalue weighted by atomic mass is 10.1. The predicted octanol–water partition coefficient (Wildman–Crippen LogP) is 4.39. The van der Waals surface area contributed by atoms with E-state index in [0.29, 0.717) is 0 Å². The Morgan fingerprint density at radius 1 is 1.38 bits per heavy atom. The lowest BCUT2D eigenvalue weighted by molar-refractivity contribution is 0.816. The summed E-state index contributed by atoms with van der Waals surface area (Å²) in [7, 11) is 0. The van der Waals surface area contributed by atoms with Crippen LogP contribution in [0.4, 0.5) is 0 Å². The minimum atomic E-state index is 0.0584. The van der Waals surface area contributed by atoms with Gasteiger partial charge >= 0.3 is 0 Å². The van der Waals surface area contributed by atoms with Crippen molar-refractivity contribution in [2.75, 3.05) is 0 Å². The first-order valence-corrected chi connectivity index (χ1v) is 7.14. The second-order valence-electron chi connectivity index (χ2n) is 4.50. The van der Waals surface area contributed by atoms with E-state index in [-0.39, 0.29) is 6.04 Å². The van der Waals surface area contributed by atoms with Crippen LogP contribution in [0.15, 0.2) is 23.1 Å². The molecule has 2 N–H and O–H groups in total. The van der Waals surface area contributed by atoms with Crippen LogP contribution in [0, 0.1) is 0 Å². The summed E-state index contributed by atoms with van der Waals surface area (Å²) < 4.78 is 0. The van der Waals surface area contributed by atoms with Crippen LogP contribution in [-0.4, -0.2) is 5.25 Å². The summed E-state index contributed by atoms with van der Waals surface area (Å²) in [6.45, 7) is 1.98. The summed E-state index contributed by atoms with van der Waals surface area (Å²) in [4.78, 5) is 1.21. The number of rotatable bonds is 3. The van der Waals surface area contributed by atoms with Gasteiger partial charge in [-0.15, -0.1) is 11.8 Å². The predicted molar refractivity (Wildman–Crippen MR) is 72.2 cm³/mol. The fourth-order valence-corrected chi connectivity index (χ4v) is 3.65. The number of benzene rings is 1. The lowest BCUT2D eigenvalue weighted by Crippen LogP contribution is -2.04. The van der Waals surface area contributed by atoms with E-state index in [9.17, 15) is 0 Å². The van der Waals surface area contributed by atoms with E-state index in [0.717, 1.165) is 15.8 Å². The van der Waals surface area contributed by atoms with Crippen LogP contribution in [0.1, 0.15) is 44.2 Å². The molecule has 0 unspecified atom stereocenters. The summed E-state index contributed by atoms with van der Waals surface area (Å²) in [6.07, 6.45) is 5.40. The van der Waals surface area contributed by atoms with Crippen molar-refractivity contribution in [3.05, 3.63) is 28.8 Å². The largest absolute Gasteiger partial charge is 0.324 e. The van der Waals surface area contributed by atoms with Crippen molar-refractivity contribution in [1.82, 2.24) is 0 Å². The van der Waals surface area contributed by atoms with Gasteiger partial charge in [0.15, 0.2) is 0 Å². The number of hydrogen-bond donors (Lipinski definition) is 1. The quantitative estimate of drug-likeness (QED) is 0.867. The molecule has 1 atom stereocenters. The highest BCUT2D eigenvalue weighted by Crippen LogP contribution is 2.38. The smallest absolute Gasteiger partial charge is 0.0545 e. The Balaban J connectivity index is 2.09. The van der Waals surface area contributed by atoms with Crippen molar-refractivity contribution in [1.29, 1.82) is 0 Å². The van der Waals surface area contributed by atoms with E-state index < -0.39 is 0 Å². The van der Waals surface area contributed by atoms with Crippen LogP contribution in [0.3, 0.4) is 0 Å². The van der Waals surface area contributed by atoms with Crippen LogP contribution in [0.2, 0.25) is 5.02 Å². The first kappa shape index (κ1) is 12.3. The van der Waals surface area contributed by atoms with Gasteiger partial charge in [0.2, 0.25) is 0 Å². The molecule has 16 heavy (non-hydrogen) atoms. The van der Waals surface area contributed by atoms with Gasteiger partial charge in [-0.05, 0) is 37.5 Å². The second-order valence-corrected chi connectivity index (χ2v) is 6.25. The van der Waals surface area contributed by atoms with Gasteiger partial charge in [0.1, 0.15) is 0 Å². The van der Waals surface area contributed by atoms with Gasteiger partial charge in [-0.25, -0.2) is 0 Å². The zero-order chi connectivity index (χ0) is 11.5. The zero-order valence-corrected chi connectivity index (χ0v) is 11.2. The van der Waals surface area contributed by atoms with Crippen molar-refractivity contribution in [2.24, 2.45) is 5.73 Å². The zero-order valence-electron chi connectivity index (χ0n) is 9.58. The van der Waals surface area contributed by atoms with Gasteiger partial charge in [-0.2, -0.15) is 0 Å². The molecular weight excluding hydrogens is 238 g/mol. The van der Waals surface area contributed by atoms with Crippen LogP contribution in [0.25, 0.3) is 0 Å². The Morgan fingerprint density at radius 2 is 2.06 bits per heavy atom. The van der Waals surface area contributed by atoms with E-state index in [2.05, 4.69) is 12.1 Å². The molecule has 1 nitrogen and oxygen atoms in total. The average Bonchev–Trinajstić information content (AvgIpc) is 2.73. The van der Waals surface area contributed by atoms with Crippen LogP contribution in [0.5, 0.6) is 0 Å². The highest BCUT2D eigenvalue weighted by Gasteiger charge is 2.17. The molecule has 0 bridgehead atoms. The van der Waals surface area contributed by atoms with Crippen LogP contribution >= 0.6 is 23.4 Å². The molecule has 0 aliphatic heterocycles. The molecule has 2 rings (SSSR count). The molecule has 1 fully saturated rings. The summed E-state index contributed by atoms with van der Waals surface area (Å²) in [5, 5.41) is 1.62. The summed E-state index contributed by atoms with van der Waals surface area (Å²) in [5.74, 6) is 0. The van der Waals surface area contributed by atoms with E-state index in [1.54, 1.807) is 0 Å². The monoisotopic (exact) mass is 255 g/mol. The SMILES string of the molecule is C[C@H](N)c1ccc(SC2CCCC2)c(Cl)c1. The van der Waals surface area contributed by atoms with Crippen molar-refractivity contribution in [3.63, 3.8) is 0 Å². The number of thioether (sulfide) groups is 1. The van der Waals surface area contributed by atoms with Crippen LogP contribution in [-0.2, 0) is 0 Å². The number of hydrogen-bond acceptors (Lipinski definition) is 2. The standard InChI is InChI=1S/C13H18ClNS/c1-9(15)10-6-7-13(12(14)8-10)16-11-4-2-3-5-11/h6-9,11H,2-5,15H2,1H3/t9-/m0/s1. The maximum absolute atomic E-state index is 6.28. The Hall–Kier alpha value is -0.180. The molecule has 0 saturated heterocycles. The molecule has 1 saturated carbocycles. The van der Waals surface area contributed by atoms with Crippen molar-refractivity contribution >= 4 is 23.4 Å². The van der Waals surface area contributed by atoms with E-state index in [1.807, 2.05) is 24.8 Å². The summed E-state index contributed by atoms with van der Waals surface area (Å²) >= 11 is 8.20. The maximum atomic E-state index is 6.28. The summed E-state index contributed by atoms with van der Waals surface area (Å²) in [5.41, 5.74) is 6.94. The van der Waals surface area contributed by atoms with Crippen molar-refractivity contribution in [3.8, 4) is 0 Å². The average molecular weight is 256 g/mol. The molecule has 0 aromatic heterocycles. The van der Waals surface area contributed by atoms with Gasteiger partial charge in [-0.1, -0.05) is 30.5 Å². The first-order chi connectivity index (χ1) is 7.66. The molecule has 1 aromatic carbocycles. The molecule has 0 spiro atoms. The molecule has 1 aliphatic rings. The Labute approximate surface area is 107 Å². The van der Waals surface area contributed by atoms with E-state index in [4.69, 9.17) is 17.3 Å². The minimum absolute atomic E-state index is 0.0584. The number of halogens is 1. The van der Waals surface area contributed by atoms with Gasteiger partial charge in [0, 0.05) is 16.2 Å². The van der Waals surface area contributed by atoms with E-state index in [1.165, 1.54) is 30.6 Å². The minimum Gasteiger partial charge on any atom is -0.324 e. The third-order valence-corrected chi connectivity index (χ3v) is 4.92. The van der Waals surface area contributed by atoms with Crippen LogP contribution < -0.4 is 5.73 Å². The molecule has 88 valence electrons. The molecule has 3 heteroatoms. The Bertz CT molecular complexity index is 359. The van der Waals surface area contributed by atoms with Gasteiger partial charge in [0.25, 0.3) is 0 Å². The first-order valence-electron chi connectivity index (χ1n) is 5.88. The van der Waals surface area contributed by atoms with E-state index >= 15 is 0 Å². The van der Waals surface area contributed by atoms with Gasteiger partial charge < -0.3 is 5.73 Å².